The molecule has 0 atom stereocenters. The molecule has 6 heteroatoms. The van der Waals surface area contributed by atoms with Crippen LogP contribution in [-0.4, -0.2) is 32.4 Å². The minimum absolute atomic E-state index is 0.0149. The summed E-state index contributed by atoms with van der Waals surface area (Å²) in [6.07, 6.45) is 5.34. The van der Waals surface area contributed by atoms with E-state index in [2.05, 4.69) is 25.9 Å². The molecule has 2 aromatic rings. The molecular formula is C12H15BrN4O. The first-order valence-electron chi connectivity index (χ1n) is 5.71. The van der Waals surface area contributed by atoms with Gasteiger partial charge in [0, 0.05) is 36.7 Å². The average Bonchev–Trinajstić information content (AvgIpc) is 2.97. The third-order valence-corrected chi connectivity index (χ3v) is 3.15. The van der Waals surface area contributed by atoms with Crippen molar-refractivity contribution in [3.05, 3.63) is 40.6 Å². The summed E-state index contributed by atoms with van der Waals surface area (Å²) in [5.41, 5.74) is 0.679. The Morgan fingerprint density at radius 1 is 1.61 bits per heavy atom. The highest BCUT2D eigenvalue weighted by atomic mass is 79.9. The Morgan fingerprint density at radius 2 is 2.39 bits per heavy atom. The first-order chi connectivity index (χ1) is 8.61. The lowest BCUT2D eigenvalue weighted by Gasteiger charge is -2.16. The predicted molar refractivity (Wildman–Crippen MR) is 72.2 cm³/mol. The Labute approximate surface area is 114 Å². The zero-order chi connectivity index (χ0) is 13.1. The Hall–Kier alpha value is -1.56. The monoisotopic (exact) mass is 310 g/mol. The molecule has 0 saturated carbocycles. The number of rotatable bonds is 4. The fourth-order valence-electron chi connectivity index (χ4n) is 1.79. The number of carbonyl (C=O) groups excluding carboxylic acids is 1. The van der Waals surface area contributed by atoms with Crippen molar-refractivity contribution in [2.75, 3.05) is 7.05 Å². The van der Waals surface area contributed by atoms with E-state index in [1.807, 2.05) is 23.8 Å². The van der Waals surface area contributed by atoms with Gasteiger partial charge in [-0.1, -0.05) is 0 Å². The van der Waals surface area contributed by atoms with Gasteiger partial charge in [-0.05, 0) is 28.9 Å². The molecule has 0 bridgehead atoms. The van der Waals surface area contributed by atoms with Crippen molar-refractivity contribution in [1.82, 2.24) is 19.4 Å². The summed E-state index contributed by atoms with van der Waals surface area (Å²) in [5, 5.41) is 0. The van der Waals surface area contributed by atoms with Crippen molar-refractivity contribution in [3.63, 3.8) is 0 Å². The van der Waals surface area contributed by atoms with Crippen LogP contribution in [0.2, 0.25) is 0 Å². The van der Waals surface area contributed by atoms with Gasteiger partial charge in [-0.25, -0.2) is 4.98 Å². The number of hydrogen-bond donors (Lipinski definition) is 1. The number of amides is 1. The topological polar surface area (TPSA) is 53.9 Å². The van der Waals surface area contributed by atoms with Crippen LogP contribution in [0, 0.1) is 0 Å². The van der Waals surface area contributed by atoms with Crippen LogP contribution in [-0.2, 0) is 13.1 Å². The number of aromatic nitrogens is 3. The quantitative estimate of drug-likeness (QED) is 0.942. The SMILES string of the molecule is CCn1cc(Br)cc1C(=O)N(C)Cc1ncc[nH]1. The molecule has 0 radical (unpaired) electrons. The Bertz CT molecular complexity index is 532. The summed E-state index contributed by atoms with van der Waals surface area (Å²) in [7, 11) is 1.77. The second kappa shape index (κ2) is 5.39. The van der Waals surface area contributed by atoms with E-state index in [-0.39, 0.29) is 5.91 Å². The van der Waals surface area contributed by atoms with Crippen LogP contribution in [0.25, 0.3) is 0 Å². The summed E-state index contributed by atoms with van der Waals surface area (Å²) >= 11 is 3.39. The van der Waals surface area contributed by atoms with E-state index in [4.69, 9.17) is 0 Å². The van der Waals surface area contributed by atoms with Gasteiger partial charge in [-0.15, -0.1) is 0 Å². The Balaban J connectivity index is 2.15. The fourth-order valence-corrected chi connectivity index (χ4v) is 2.26. The molecule has 96 valence electrons. The number of aromatic amines is 1. The van der Waals surface area contributed by atoms with Crippen LogP contribution in [0.1, 0.15) is 23.2 Å². The van der Waals surface area contributed by atoms with Gasteiger partial charge in [-0.2, -0.15) is 0 Å². The minimum Gasteiger partial charge on any atom is -0.347 e. The molecule has 0 aliphatic carbocycles. The highest BCUT2D eigenvalue weighted by Gasteiger charge is 2.17. The van der Waals surface area contributed by atoms with Crippen LogP contribution in [0.15, 0.2) is 29.1 Å². The summed E-state index contributed by atoms with van der Waals surface area (Å²) in [5.74, 6) is 0.762. The highest BCUT2D eigenvalue weighted by Crippen LogP contribution is 2.16. The van der Waals surface area contributed by atoms with Crippen LogP contribution in [0.3, 0.4) is 0 Å². The summed E-state index contributed by atoms with van der Waals surface area (Å²) in [6, 6.07) is 1.84. The van der Waals surface area contributed by atoms with E-state index < -0.39 is 0 Å². The van der Waals surface area contributed by atoms with Gasteiger partial charge in [0.05, 0.1) is 6.54 Å². The lowest BCUT2D eigenvalue weighted by Crippen LogP contribution is -2.28. The van der Waals surface area contributed by atoms with E-state index in [0.29, 0.717) is 12.2 Å². The smallest absolute Gasteiger partial charge is 0.270 e. The second-order valence-electron chi connectivity index (χ2n) is 4.03. The molecule has 0 saturated heterocycles. The highest BCUT2D eigenvalue weighted by molar-refractivity contribution is 9.10. The normalized spacial score (nSPS) is 10.6. The number of imidazole rings is 1. The summed E-state index contributed by atoms with van der Waals surface area (Å²) in [4.78, 5) is 21.1. The predicted octanol–water partition coefficient (Wildman–Crippen LogP) is 2.27. The molecule has 0 unspecified atom stereocenters. The van der Waals surface area contributed by atoms with E-state index >= 15 is 0 Å². The van der Waals surface area contributed by atoms with Crippen molar-refractivity contribution < 1.29 is 4.79 Å². The number of H-pyrrole nitrogens is 1. The van der Waals surface area contributed by atoms with Crippen molar-refractivity contribution >= 4 is 21.8 Å². The molecule has 2 rings (SSSR count). The molecule has 18 heavy (non-hydrogen) atoms. The standard InChI is InChI=1S/C12H15BrN4O/c1-3-17-7-9(13)6-10(17)12(18)16(2)8-11-14-4-5-15-11/h4-7H,3,8H2,1-2H3,(H,14,15). The lowest BCUT2D eigenvalue weighted by atomic mass is 10.3. The van der Waals surface area contributed by atoms with Gasteiger partial charge in [-0.3, -0.25) is 4.79 Å². The molecule has 1 amide bonds. The maximum atomic E-state index is 12.3. The van der Waals surface area contributed by atoms with Crippen LogP contribution >= 0.6 is 15.9 Å². The molecule has 0 aromatic carbocycles. The lowest BCUT2D eigenvalue weighted by molar-refractivity contribution is 0.0771. The molecule has 1 N–H and O–H groups in total. The molecule has 2 aromatic heterocycles. The maximum Gasteiger partial charge on any atom is 0.270 e. The third kappa shape index (κ3) is 2.64. The average molecular weight is 311 g/mol. The molecule has 0 fully saturated rings. The van der Waals surface area contributed by atoms with E-state index in [9.17, 15) is 4.79 Å². The number of carbonyl (C=O) groups is 1. The van der Waals surface area contributed by atoms with E-state index in [0.717, 1.165) is 16.8 Å². The summed E-state index contributed by atoms with van der Waals surface area (Å²) < 4.78 is 2.84. The van der Waals surface area contributed by atoms with Crippen molar-refractivity contribution in [2.45, 2.75) is 20.0 Å². The first-order valence-corrected chi connectivity index (χ1v) is 6.50. The number of hydrogen-bond acceptors (Lipinski definition) is 2. The number of aryl methyl sites for hydroxylation is 1. The molecule has 5 nitrogen and oxygen atoms in total. The van der Waals surface area contributed by atoms with Crippen LogP contribution in [0.4, 0.5) is 0 Å². The number of halogens is 1. The van der Waals surface area contributed by atoms with Gasteiger partial charge in [0.2, 0.25) is 0 Å². The van der Waals surface area contributed by atoms with E-state index in [1.54, 1.807) is 24.3 Å². The Morgan fingerprint density at radius 3 is 3.00 bits per heavy atom. The Kier molecular flexibility index (Phi) is 3.86. The zero-order valence-corrected chi connectivity index (χ0v) is 11.9. The minimum atomic E-state index is -0.0149. The molecule has 0 spiro atoms. The van der Waals surface area contributed by atoms with Crippen LogP contribution < -0.4 is 0 Å². The summed E-state index contributed by atoms with van der Waals surface area (Å²) in [6.45, 7) is 3.25. The zero-order valence-electron chi connectivity index (χ0n) is 10.4. The third-order valence-electron chi connectivity index (χ3n) is 2.71. The van der Waals surface area contributed by atoms with Gasteiger partial charge in [0.25, 0.3) is 5.91 Å². The van der Waals surface area contributed by atoms with Crippen molar-refractivity contribution in [3.8, 4) is 0 Å². The maximum absolute atomic E-state index is 12.3. The molecular weight excluding hydrogens is 296 g/mol. The molecule has 0 aliphatic heterocycles. The molecule has 2 heterocycles. The number of nitrogens with one attached hydrogen (secondary N) is 1. The van der Waals surface area contributed by atoms with Gasteiger partial charge >= 0.3 is 0 Å². The first kappa shape index (κ1) is 12.9. The number of nitrogens with zero attached hydrogens (tertiary/aromatic N) is 3. The largest absolute Gasteiger partial charge is 0.347 e. The van der Waals surface area contributed by atoms with Crippen LogP contribution in [0.5, 0.6) is 0 Å². The fraction of sp³-hybridized carbons (Fsp3) is 0.333. The van der Waals surface area contributed by atoms with E-state index in [1.165, 1.54) is 0 Å². The van der Waals surface area contributed by atoms with Crippen molar-refractivity contribution in [1.29, 1.82) is 0 Å². The van der Waals surface area contributed by atoms with Gasteiger partial charge in [0.15, 0.2) is 0 Å². The van der Waals surface area contributed by atoms with Gasteiger partial charge in [0.1, 0.15) is 11.5 Å². The molecule has 0 aliphatic rings. The van der Waals surface area contributed by atoms with Crippen molar-refractivity contribution in [2.24, 2.45) is 0 Å². The van der Waals surface area contributed by atoms with Gasteiger partial charge < -0.3 is 14.5 Å². The second-order valence-corrected chi connectivity index (χ2v) is 4.94.